The molecule has 8 heteroatoms. The fourth-order valence-electron chi connectivity index (χ4n) is 1.44. The molecule has 0 aromatic carbocycles. The zero-order valence-corrected chi connectivity index (χ0v) is 10.8. The van der Waals surface area contributed by atoms with Gasteiger partial charge in [0.15, 0.2) is 16.5 Å². The molecule has 2 aromatic rings. The zero-order chi connectivity index (χ0) is 13.9. The first-order chi connectivity index (χ1) is 9.02. The third-order valence-corrected chi connectivity index (χ3v) is 3.31. The Bertz CT molecular complexity index is 539. The van der Waals surface area contributed by atoms with Crippen LogP contribution in [0.1, 0.15) is 17.5 Å². The van der Waals surface area contributed by atoms with Crippen molar-refractivity contribution < 1.29 is 13.2 Å². The molecule has 0 fully saturated rings. The molecular formula is C11H11F3N4S. The maximum Gasteiger partial charge on any atom is 0.434 e. The van der Waals surface area contributed by atoms with E-state index in [4.69, 9.17) is 0 Å². The van der Waals surface area contributed by atoms with Gasteiger partial charge in [-0.15, -0.1) is 11.3 Å². The van der Waals surface area contributed by atoms with Crippen molar-refractivity contribution in [1.29, 1.82) is 0 Å². The van der Waals surface area contributed by atoms with E-state index in [0.717, 1.165) is 11.3 Å². The van der Waals surface area contributed by atoms with Crippen molar-refractivity contribution in [3.8, 4) is 10.8 Å². The molecule has 2 rings (SSSR count). The number of aromatic nitrogens is 3. The summed E-state index contributed by atoms with van der Waals surface area (Å²) in [7, 11) is 0. The summed E-state index contributed by atoms with van der Waals surface area (Å²) in [6.07, 6.45) is -1.52. The number of thiazole rings is 1. The molecule has 1 N–H and O–H groups in total. The molecule has 0 aliphatic rings. The van der Waals surface area contributed by atoms with E-state index in [2.05, 4.69) is 20.3 Å². The minimum Gasteiger partial charge on any atom is -0.312 e. The molecule has 0 saturated heterocycles. The second-order valence-corrected chi connectivity index (χ2v) is 4.72. The highest BCUT2D eigenvalue weighted by Crippen LogP contribution is 2.36. The molecule has 0 saturated carbocycles. The van der Waals surface area contributed by atoms with Gasteiger partial charge in [0.25, 0.3) is 0 Å². The number of hydrogen-bond donors (Lipinski definition) is 1. The van der Waals surface area contributed by atoms with Crippen LogP contribution in [0.5, 0.6) is 0 Å². The lowest BCUT2D eigenvalue weighted by molar-refractivity contribution is -0.141. The molecular weight excluding hydrogens is 277 g/mol. The van der Waals surface area contributed by atoms with Crippen LogP contribution in [0.25, 0.3) is 10.8 Å². The topological polar surface area (TPSA) is 50.7 Å². The van der Waals surface area contributed by atoms with Gasteiger partial charge >= 0.3 is 6.18 Å². The highest BCUT2D eigenvalue weighted by Gasteiger charge is 2.37. The minimum atomic E-state index is -4.46. The Hall–Kier alpha value is -1.54. The van der Waals surface area contributed by atoms with Gasteiger partial charge in [0.05, 0.1) is 4.88 Å². The van der Waals surface area contributed by atoms with Crippen LogP contribution in [0, 0.1) is 0 Å². The van der Waals surface area contributed by atoms with Crippen molar-refractivity contribution in [1.82, 2.24) is 20.3 Å². The van der Waals surface area contributed by atoms with Gasteiger partial charge in [-0.2, -0.15) is 13.2 Å². The molecule has 0 unspecified atom stereocenters. The van der Waals surface area contributed by atoms with Crippen LogP contribution in [0.2, 0.25) is 0 Å². The van der Waals surface area contributed by atoms with E-state index in [-0.39, 0.29) is 22.3 Å². The van der Waals surface area contributed by atoms with Crippen molar-refractivity contribution in [2.75, 3.05) is 6.54 Å². The van der Waals surface area contributed by atoms with E-state index in [1.165, 1.54) is 12.4 Å². The summed E-state index contributed by atoms with van der Waals surface area (Å²) in [5.74, 6) is 0.209. The number of hydrogen-bond acceptors (Lipinski definition) is 5. The standard InChI is InChI=1S/C11H11F3N4S/c1-2-15-6-7-8(11(12,13)14)18-10(19-7)9-16-4-3-5-17-9/h3-5,15H,2,6H2,1H3. The summed E-state index contributed by atoms with van der Waals surface area (Å²) in [6, 6.07) is 1.60. The van der Waals surface area contributed by atoms with Gasteiger partial charge in [0, 0.05) is 18.9 Å². The highest BCUT2D eigenvalue weighted by atomic mass is 32.1. The lowest BCUT2D eigenvalue weighted by atomic mass is 10.3. The second kappa shape index (κ2) is 5.62. The van der Waals surface area contributed by atoms with E-state index in [9.17, 15) is 13.2 Å². The third kappa shape index (κ3) is 3.27. The molecule has 0 radical (unpaired) electrons. The normalized spacial score (nSPS) is 11.8. The van der Waals surface area contributed by atoms with Gasteiger partial charge < -0.3 is 5.32 Å². The molecule has 2 aromatic heterocycles. The fourth-order valence-corrected chi connectivity index (χ4v) is 2.44. The molecule has 0 amide bonds. The van der Waals surface area contributed by atoms with Crippen LogP contribution < -0.4 is 5.32 Å². The number of rotatable bonds is 4. The van der Waals surface area contributed by atoms with Gasteiger partial charge in [0.2, 0.25) is 0 Å². The van der Waals surface area contributed by atoms with Crippen LogP contribution in [-0.4, -0.2) is 21.5 Å². The Balaban J connectivity index is 2.40. The number of halogens is 3. The predicted octanol–water partition coefficient (Wildman–Crippen LogP) is 2.73. The maximum absolute atomic E-state index is 12.9. The summed E-state index contributed by atoms with van der Waals surface area (Å²) in [5.41, 5.74) is -0.860. The van der Waals surface area contributed by atoms with E-state index < -0.39 is 11.9 Å². The average Bonchev–Trinajstić information content (AvgIpc) is 2.81. The van der Waals surface area contributed by atoms with Gasteiger partial charge in [-0.25, -0.2) is 15.0 Å². The summed E-state index contributed by atoms with van der Waals surface area (Å²) in [5, 5.41) is 3.05. The predicted molar refractivity (Wildman–Crippen MR) is 65.5 cm³/mol. The molecule has 0 aliphatic carbocycles. The van der Waals surface area contributed by atoms with Crippen LogP contribution >= 0.6 is 11.3 Å². The van der Waals surface area contributed by atoms with Crippen molar-refractivity contribution in [2.45, 2.75) is 19.6 Å². The zero-order valence-electron chi connectivity index (χ0n) is 10.0. The fraction of sp³-hybridized carbons (Fsp3) is 0.364. The number of alkyl halides is 3. The largest absolute Gasteiger partial charge is 0.434 e. The Morgan fingerprint density at radius 3 is 2.53 bits per heavy atom. The molecule has 102 valence electrons. The van der Waals surface area contributed by atoms with Gasteiger partial charge in [-0.1, -0.05) is 6.92 Å². The SMILES string of the molecule is CCNCc1sc(-c2ncccn2)nc1C(F)(F)F. The van der Waals surface area contributed by atoms with Crippen LogP contribution in [0.15, 0.2) is 18.5 Å². The smallest absolute Gasteiger partial charge is 0.312 e. The van der Waals surface area contributed by atoms with Crippen LogP contribution in [0.3, 0.4) is 0 Å². The first kappa shape index (κ1) is 13.9. The summed E-state index contributed by atoms with van der Waals surface area (Å²) in [4.78, 5) is 11.6. The minimum absolute atomic E-state index is 0.135. The molecule has 2 heterocycles. The van der Waals surface area contributed by atoms with Crippen LogP contribution in [-0.2, 0) is 12.7 Å². The Morgan fingerprint density at radius 2 is 1.95 bits per heavy atom. The van der Waals surface area contributed by atoms with E-state index in [1.54, 1.807) is 6.07 Å². The second-order valence-electron chi connectivity index (χ2n) is 3.64. The summed E-state index contributed by atoms with van der Waals surface area (Å²) >= 11 is 0.961. The number of nitrogens with zero attached hydrogens (tertiary/aromatic N) is 3. The molecule has 19 heavy (non-hydrogen) atoms. The maximum atomic E-state index is 12.9. The molecule has 4 nitrogen and oxygen atoms in total. The van der Waals surface area contributed by atoms with E-state index in [0.29, 0.717) is 6.54 Å². The van der Waals surface area contributed by atoms with Crippen molar-refractivity contribution >= 4 is 11.3 Å². The lowest BCUT2D eigenvalue weighted by Gasteiger charge is -2.05. The Morgan fingerprint density at radius 1 is 1.26 bits per heavy atom. The molecule has 0 spiro atoms. The Labute approximate surface area is 111 Å². The third-order valence-electron chi connectivity index (χ3n) is 2.26. The molecule has 0 aliphatic heterocycles. The quantitative estimate of drug-likeness (QED) is 0.940. The number of nitrogens with one attached hydrogen (secondary N) is 1. The van der Waals surface area contributed by atoms with Gasteiger partial charge in [-0.3, -0.25) is 0 Å². The van der Waals surface area contributed by atoms with Crippen molar-refractivity contribution in [3.63, 3.8) is 0 Å². The first-order valence-corrected chi connectivity index (χ1v) is 6.39. The van der Waals surface area contributed by atoms with Gasteiger partial charge in [-0.05, 0) is 12.6 Å². The van der Waals surface area contributed by atoms with E-state index >= 15 is 0 Å². The van der Waals surface area contributed by atoms with Crippen LogP contribution in [0.4, 0.5) is 13.2 Å². The Kier molecular flexibility index (Phi) is 4.11. The monoisotopic (exact) mass is 288 g/mol. The average molecular weight is 288 g/mol. The first-order valence-electron chi connectivity index (χ1n) is 5.57. The molecule has 0 bridgehead atoms. The van der Waals surface area contributed by atoms with E-state index in [1.807, 2.05) is 6.92 Å². The summed E-state index contributed by atoms with van der Waals surface area (Å²) < 4.78 is 38.6. The summed E-state index contributed by atoms with van der Waals surface area (Å²) in [6.45, 7) is 2.55. The van der Waals surface area contributed by atoms with Gasteiger partial charge in [0.1, 0.15) is 0 Å². The lowest BCUT2D eigenvalue weighted by Crippen LogP contribution is -2.15. The molecule has 0 atom stereocenters. The van der Waals surface area contributed by atoms with Crippen molar-refractivity contribution in [3.05, 3.63) is 29.0 Å². The highest BCUT2D eigenvalue weighted by molar-refractivity contribution is 7.15. The van der Waals surface area contributed by atoms with Crippen molar-refractivity contribution in [2.24, 2.45) is 0 Å².